The summed E-state index contributed by atoms with van der Waals surface area (Å²) in [6.45, 7) is 4.44. The highest BCUT2D eigenvalue weighted by atomic mass is 16.4. The van der Waals surface area contributed by atoms with E-state index in [2.05, 4.69) is 19.8 Å². The molecule has 0 aromatic carbocycles. The molecule has 0 unspecified atom stereocenters. The van der Waals surface area contributed by atoms with Crippen molar-refractivity contribution in [3.63, 3.8) is 0 Å². The zero-order valence-corrected chi connectivity index (χ0v) is 10.4. The molecule has 0 saturated heterocycles. The summed E-state index contributed by atoms with van der Waals surface area (Å²) in [4.78, 5) is 11.4. The third kappa shape index (κ3) is 3.01. The highest BCUT2D eigenvalue weighted by molar-refractivity contribution is 5.74. The molecule has 1 aliphatic carbocycles. The summed E-state index contributed by atoms with van der Waals surface area (Å²) in [7, 11) is 0. The number of carboxylic acids is 1. The fourth-order valence-electron chi connectivity index (χ4n) is 2.50. The van der Waals surface area contributed by atoms with Gasteiger partial charge in [-0.2, -0.15) is 0 Å². The van der Waals surface area contributed by atoms with Crippen LogP contribution in [0.1, 0.15) is 58.8 Å². The third-order valence-corrected chi connectivity index (χ3v) is 3.99. The third-order valence-electron chi connectivity index (χ3n) is 3.99. The maximum atomic E-state index is 11.4. The van der Waals surface area contributed by atoms with E-state index in [1.165, 1.54) is 0 Å². The Hall–Kier alpha value is -0.970. The number of terminal acetylenes is 1. The minimum absolute atomic E-state index is 0.311. The maximum Gasteiger partial charge on any atom is 0.309 e. The summed E-state index contributed by atoms with van der Waals surface area (Å²) in [5, 5.41) is 9.41. The van der Waals surface area contributed by atoms with E-state index in [4.69, 9.17) is 6.42 Å². The van der Waals surface area contributed by atoms with Gasteiger partial charge in [0.15, 0.2) is 0 Å². The molecule has 1 saturated carbocycles. The van der Waals surface area contributed by atoms with Crippen LogP contribution in [-0.2, 0) is 4.79 Å². The molecule has 0 aliphatic heterocycles. The van der Waals surface area contributed by atoms with Crippen molar-refractivity contribution in [2.75, 3.05) is 0 Å². The van der Waals surface area contributed by atoms with Crippen molar-refractivity contribution in [1.82, 2.24) is 0 Å². The number of carbonyl (C=O) groups is 1. The van der Waals surface area contributed by atoms with Crippen LogP contribution in [0.15, 0.2) is 0 Å². The van der Waals surface area contributed by atoms with Crippen LogP contribution in [0.2, 0.25) is 0 Å². The summed E-state index contributed by atoms with van der Waals surface area (Å²) in [5.41, 5.74) is -0.183. The van der Waals surface area contributed by atoms with E-state index in [0.29, 0.717) is 11.8 Å². The van der Waals surface area contributed by atoms with E-state index in [0.717, 1.165) is 38.5 Å². The Morgan fingerprint density at radius 2 is 1.88 bits per heavy atom. The van der Waals surface area contributed by atoms with Gasteiger partial charge in [-0.3, -0.25) is 4.79 Å². The van der Waals surface area contributed by atoms with Gasteiger partial charge in [0, 0.05) is 6.42 Å². The fourth-order valence-corrected chi connectivity index (χ4v) is 2.50. The van der Waals surface area contributed by atoms with Gasteiger partial charge in [0.2, 0.25) is 0 Å². The lowest BCUT2D eigenvalue weighted by atomic mass is 9.63. The first-order valence-corrected chi connectivity index (χ1v) is 6.09. The molecule has 2 nitrogen and oxygen atoms in total. The number of hydrogen-bond donors (Lipinski definition) is 1. The first-order valence-electron chi connectivity index (χ1n) is 6.09. The molecule has 1 rings (SSSR count). The van der Waals surface area contributed by atoms with E-state index < -0.39 is 11.4 Å². The van der Waals surface area contributed by atoms with Gasteiger partial charge in [-0.05, 0) is 43.9 Å². The second kappa shape index (κ2) is 4.91. The molecule has 16 heavy (non-hydrogen) atoms. The van der Waals surface area contributed by atoms with Gasteiger partial charge in [-0.1, -0.05) is 13.8 Å². The van der Waals surface area contributed by atoms with Crippen molar-refractivity contribution in [3.05, 3.63) is 0 Å². The highest BCUT2D eigenvalue weighted by Crippen LogP contribution is 2.47. The van der Waals surface area contributed by atoms with E-state index in [9.17, 15) is 9.90 Å². The summed E-state index contributed by atoms with van der Waals surface area (Å²) < 4.78 is 0. The molecular formula is C14H22O2. The summed E-state index contributed by atoms with van der Waals surface area (Å²) in [6.07, 6.45) is 11.1. The van der Waals surface area contributed by atoms with Crippen LogP contribution in [0.5, 0.6) is 0 Å². The van der Waals surface area contributed by atoms with Crippen LogP contribution in [0, 0.1) is 23.2 Å². The first-order chi connectivity index (χ1) is 7.42. The van der Waals surface area contributed by atoms with E-state index in [1.54, 1.807) is 0 Å². The van der Waals surface area contributed by atoms with Crippen LogP contribution in [0.25, 0.3) is 0 Å². The Kier molecular flexibility index (Phi) is 4.02. The van der Waals surface area contributed by atoms with Crippen LogP contribution in [-0.4, -0.2) is 11.1 Å². The Bertz CT molecular complexity index is 286. The van der Waals surface area contributed by atoms with E-state index >= 15 is 0 Å². The highest BCUT2D eigenvalue weighted by Gasteiger charge is 2.43. The largest absolute Gasteiger partial charge is 0.481 e. The molecule has 1 aliphatic rings. The standard InChI is InChI=1S/C14H22O2/c1-4-5-6-7-14(12(15)16)10-8-13(2,3)9-11-14/h1H,5-11H2,2-3H3,(H,15,16). The number of unbranched alkanes of at least 4 members (excludes halogenated alkanes) is 1. The zero-order valence-electron chi connectivity index (χ0n) is 10.4. The van der Waals surface area contributed by atoms with Gasteiger partial charge in [-0.25, -0.2) is 0 Å². The average Bonchev–Trinajstić information content (AvgIpc) is 2.21. The van der Waals surface area contributed by atoms with Gasteiger partial charge >= 0.3 is 5.97 Å². The summed E-state index contributed by atoms with van der Waals surface area (Å²) in [6, 6.07) is 0. The monoisotopic (exact) mass is 222 g/mol. The number of carboxylic acid groups (broad SMARTS) is 1. The second-order valence-electron chi connectivity index (χ2n) is 5.81. The van der Waals surface area contributed by atoms with E-state index in [1.807, 2.05) is 0 Å². The Morgan fingerprint density at radius 1 is 1.31 bits per heavy atom. The zero-order chi connectivity index (χ0) is 12.2. The lowest BCUT2D eigenvalue weighted by Crippen LogP contribution is -2.37. The van der Waals surface area contributed by atoms with Crippen molar-refractivity contribution >= 4 is 5.97 Å². The molecule has 0 amide bonds. The maximum absolute atomic E-state index is 11.4. The average molecular weight is 222 g/mol. The predicted molar refractivity (Wildman–Crippen MR) is 65.0 cm³/mol. The minimum atomic E-state index is -0.625. The van der Waals surface area contributed by atoms with E-state index in [-0.39, 0.29) is 0 Å². The van der Waals surface area contributed by atoms with Crippen LogP contribution < -0.4 is 0 Å². The quantitative estimate of drug-likeness (QED) is 0.584. The van der Waals surface area contributed by atoms with Crippen molar-refractivity contribution in [2.45, 2.75) is 58.8 Å². The predicted octanol–water partition coefficient (Wildman–Crippen LogP) is 3.46. The number of aliphatic carboxylic acids is 1. The second-order valence-corrected chi connectivity index (χ2v) is 5.81. The number of rotatable bonds is 4. The summed E-state index contributed by atoms with van der Waals surface area (Å²) in [5.74, 6) is 1.96. The van der Waals surface area contributed by atoms with Gasteiger partial charge in [0.1, 0.15) is 0 Å². The lowest BCUT2D eigenvalue weighted by molar-refractivity contribution is -0.153. The van der Waals surface area contributed by atoms with Crippen LogP contribution in [0.3, 0.4) is 0 Å². The molecular weight excluding hydrogens is 200 g/mol. The van der Waals surface area contributed by atoms with Crippen molar-refractivity contribution < 1.29 is 9.90 Å². The van der Waals surface area contributed by atoms with Gasteiger partial charge < -0.3 is 5.11 Å². The molecule has 0 aromatic heterocycles. The van der Waals surface area contributed by atoms with Crippen molar-refractivity contribution in [1.29, 1.82) is 0 Å². The van der Waals surface area contributed by atoms with Gasteiger partial charge in [-0.15, -0.1) is 12.3 Å². The Labute approximate surface area is 98.4 Å². The van der Waals surface area contributed by atoms with Gasteiger partial charge in [0.05, 0.1) is 5.41 Å². The molecule has 1 N–H and O–H groups in total. The molecule has 0 aromatic rings. The molecule has 90 valence electrons. The Balaban J connectivity index is 2.62. The molecule has 0 atom stereocenters. The topological polar surface area (TPSA) is 37.3 Å². The van der Waals surface area contributed by atoms with Gasteiger partial charge in [0.25, 0.3) is 0 Å². The number of hydrogen-bond acceptors (Lipinski definition) is 1. The van der Waals surface area contributed by atoms with Crippen molar-refractivity contribution in [2.24, 2.45) is 10.8 Å². The van der Waals surface area contributed by atoms with Crippen molar-refractivity contribution in [3.8, 4) is 12.3 Å². The molecule has 0 spiro atoms. The molecule has 0 heterocycles. The fraction of sp³-hybridized carbons (Fsp3) is 0.786. The molecule has 1 fully saturated rings. The first kappa shape index (κ1) is 13.1. The molecule has 0 bridgehead atoms. The summed E-state index contributed by atoms with van der Waals surface area (Å²) >= 11 is 0. The normalized spacial score (nSPS) is 22.3. The lowest BCUT2D eigenvalue weighted by Gasteiger charge is -2.40. The SMILES string of the molecule is C#CCCCC1(C(=O)O)CCC(C)(C)CC1. The molecule has 0 radical (unpaired) electrons. The van der Waals surface area contributed by atoms with Crippen LogP contribution in [0.4, 0.5) is 0 Å². The molecule has 2 heteroatoms. The smallest absolute Gasteiger partial charge is 0.309 e. The Morgan fingerprint density at radius 3 is 2.31 bits per heavy atom. The minimum Gasteiger partial charge on any atom is -0.481 e. The van der Waals surface area contributed by atoms with Crippen LogP contribution >= 0.6 is 0 Å².